The standard InChI is InChI=1S/C23H25N3O6/c1-12-8-9-15(32-12)21(23(2)10-31-11-23)25-17-16(19(28)20(17)29)24-14-7-5-6-13(18(14)27)22(30)26(3)4/h5-9,21,24-25,27H,10-11H2,1-4H3/t21-/m1/s1. The third-order valence-corrected chi connectivity index (χ3v) is 5.74. The molecule has 3 aromatic rings. The van der Waals surface area contributed by atoms with Crippen LogP contribution in [0.1, 0.15) is 34.8 Å². The Hall–Kier alpha value is -3.59. The van der Waals surface area contributed by atoms with Crippen molar-refractivity contribution >= 4 is 23.0 Å². The molecule has 0 aliphatic carbocycles. The van der Waals surface area contributed by atoms with Crippen molar-refractivity contribution in [2.75, 3.05) is 37.9 Å². The van der Waals surface area contributed by atoms with E-state index >= 15 is 0 Å². The Kier molecular flexibility index (Phi) is 5.29. The Balaban J connectivity index is 1.66. The summed E-state index contributed by atoms with van der Waals surface area (Å²) < 4.78 is 11.2. The Morgan fingerprint density at radius 3 is 2.38 bits per heavy atom. The molecule has 0 saturated carbocycles. The zero-order valence-corrected chi connectivity index (χ0v) is 18.3. The molecule has 1 fully saturated rings. The molecule has 0 radical (unpaired) electrons. The van der Waals surface area contributed by atoms with Gasteiger partial charge in [0.2, 0.25) is 0 Å². The molecule has 32 heavy (non-hydrogen) atoms. The van der Waals surface area contributed by atoms with Crippen LogP contribution in [0, 0.1) is 12.3 Å². The number of rotatable bonds is 7. The lowest BCUT2D eigenvalue weighted by Crippen LogP contribution is -2.49. The second-order valence-electron chi connectivity index (χ2n) is 8.61. The number of hydrogen-bond acceptors (Lipinski definition) is 8. The van der Waals surface area contributed by atoms with E-state index in [0.717, 1.165) is 5.76 Å². The summed E-state index contributed by atoms with van der Waals surface area (Å²) >= 11 is 0. The molecule has 1 amide bonds. The van der Waals surface area contributed by atoms with E-state index in [2.05, 4.69) is 10.6 Å². The van der Waals surface area contributed by atoms with Crippen LogP contribution in [0.25, 0.3) is 0 Å². The number of nitrogens with one attached hydrogen (secondary N) is 2. The van der Waals surface area contributed by atoms with Gasteiger partial charge < -0.3 is 29.8 Å². The molecule has 4 rings (SSSR count). The lowest BCUT2D eigenvalue weighted by molar-refractivity contribution is -0.115. The van der Waals surface area contributed by atoms with Crippen LogP contribution in [0.3, 0.4) is 0 Å². The lowest BCUT2D eigenvalue weighted by atomic mass is 9.79. The van der Waals surface area contributed by atoms with Crippen molar-refractivity contribution in [2.45, 2.75) is 19.9 Å². The predicted octanol–water partition coefficient (Wildman–Crippen LogP) is 2.52. The van der Waals surface area contributed by atoms with E-state index in [1.165, 1.54) is 17.0 Å². The van der Waals surface area contributed by atoms with E-state index in [9.17, 15) is 19.5 Å². The maximum absolute atomic E-state index is 12.4. The summed E-state index contributed by atoms with van der Waals surface area (Å²) in [5.74, 6) is 0.670. The van der Waals surface area contributed by atoms with Gasteiger partial charge in [0, 0.05) is 19.5 Å². The van der Waals surface area contributed by atoms with Gasteiger partial charge in [0.05, 0.1) is 30.5 Å². The maximum atomic E-state index is 12.4. The number of ether oxygens (including phenoxy) is 1. The van der Waals surface area contributed by atoms with Gasteiger partial charge in [0.25, 0.3) is 16.8 Å². The number of aryl methyl sites for hydroxylation is 1. The third kappa shape index (κ3) is 3.54. The number of amides is 1. The minimum absolute atomic E-state index is 0.0249. The highest BCUT2D eigenvalue weighted by molar-refractivity contribution is 5.99. The molecule has 1 aromatic heterocycles. The molecule has 1 atom stereocenters. The fourth-order valence-corrected chi connectivity index (χ4v) is 3.77. The van der Waals surface area contributed by atoms with E-state index < -0.39 is 16.9 Å². The first-order valence-electron chi connectivity index (χ1n) is 10.2. The molecule has 168 valence electrons. The number of aromatic hydroxyl groups is 1. The summed E-state index contributed by atoms with van der Waals surface area (Å²) in [6.45, 7) is 4.78. The molecular weight excluding hydrogens is 414 g/mol. The number of carbonyl (C=O) groups is 1. The van der Waals surface area contributed by atoms with Gasteiger partial charge in [-0.2, -0.15) is 0 Å². The van der Waals surface area contributed by atoms with Crippen molar-refractivity contribution in [1.29, 1.82) is 0 Å². The molecule has 0 bridgehead atoms. The topological polar surface area (TPSA) is 121 Å². The average Bonchev–Trinajstić information content (AvgIpc) is 3.17. The van der Waals surface area contributed by atoms with Gasteiger partial charge in [-0.25, -0.2) is 0 Å². The van der Waals surface area contributed by atoms with Gasteiger partial charge in [-0.1, -0.05) is 13.0 Å². The summed E-state index contributed by atoms with van der Waals surface area (Å²) in [5.41, 5.74) is -1.35. The summed E-state index contributed by atoms with van der Waals surface area (Å²) in [7, 11) is 3.14. The van der Waals surface area contributed by atoms with Crippen LogP contribution in [0.4, 0.5) is 17.1 Å². The van der Waals surface area contributed by atoms with Crippen LogP contribution < -0.4 is 21.5 Å². The van der Waals surface area contributed by atoms with E-state index in [0.29, 0.717) is 19.0 Å². The first-order chi connectivity index (χ1) is 15.1. The highest BCUT2D eigenvalue weighted by Gasteiger charge is 2.45. The van der Waals surface area contributed by atoms with Crippen molar-refractivity contribution in [3.63, 3.8) is 0 Å². The molecule has 3 N–H and O–H groups in total. The Bertz CT molecular complexity index is 1250. The quantitative estimate of drug-likeness (QED) is 0.379. The van der Waals surface area contributed by atoms with Crippen LogP contribution in [0.5, 0.6) is 5.75 Å². The van der Waals surface area contributed by atoms with Crippen LogP contribution in [0.15, 0.2) is 44.3 Å². The molecule has 9 heteroatoms. The lowest BCUT2D eigenvalue weighted by Gasteiger charge is -2.44. The van der Waals surface area contributed by atoms with Gasteiger partial charge >= 0.3 is 0 Å². The Labute approximate surface area is 184 Å². The van der Waals surface area contributed by atoms with Gasteiger partial charge in [-0.15, -0.1) is 0 Å². The molecular formula is C23H25N3O6. The third-order valence-electron chi connectivity index (χ3n) is 5.74. The smallest absolute Gasteiger partial charge is 0.257 e. The minimum atomic E-state index is -0.708. The molecule has 2 aromatic carbocycles. The molecule has 1 aliphatic rings. The van der Waals surface area contributed by atoms with Crippen LogP contribution in [0.2, 0.25) is 0 Å². The first-order valence-corrected chi connectivity index (χ1v) is 10.2. The van der Waals surface area contributed by atoms with Crippen LogP contribution >= 0.6 is 0 Å². The van der Waals surface area contributed by atoms with E-state index in [4.69, 9.17) is 9.15 Å². The SMILES string of the molecule is Cc1ccc([C@@H](Nc2c(Nc3cccc(C(=O)N(C)C)c3O)c(=O)c2=O)C2(C)COC2)o1. The largest absolute Gasteiger partial charge is 0.505 e. The number of hydrogen-bond donors (Lipinski definition) is 3. The summed E-state index contributed by atoms with van der Waals surface area (Å²) in [6.07, 6.45) is 0. The van der Waals surface area contributed by atoms with Crippen molar-refractivity contribution in [3.05, 3.63) is 67.9 Å². The van der Waals surface area contributed by atoms with Gasteiger partial charge in [0.15, 0.2) is 5.75 Å². The fourth-order valence-electron chi connectivity index (χ4n) is 3.77. The molecule has 9 nitrogen and oxygen atoms in total. The fraction of sp³-hybridized carbons (Fsp3) is 0.348. The molecule has 1 saturated heterocycles. The summed E-state index contributed by atoms with van der Waals surface area (Å²) in [5, 5.41) is 16.6. The second kappa shape index (κ2) is 7.83. The molecule has 0 unspecified atom stereocenters. The first kappa shape index (κ1) is 21.6. The van der Waals surface area contributed by atoms with Crippen molar-refractivity contribution in [3.8, 4) is 5.75 Å². The number of phenolic OH excluding ortho intramolecular Hbond substituents is 1. The number of benzene rings is 1. The highest BCUT2D eigenvalue weighted by Crippen LogP contribution is 2.43. The molecule has 1 aliphatic heterocycles. The monoisotopic (exact) mass is 439 g/mol. The summed E-state index contributed by atoms with van der Waals surface area (Å²) in [6, 6.07) is 7.85. The average molecular weight is 439 g/mol. The number of phenols is 1. The zero-order valence-electron chi connectivity index (χ0n) is 18.3. The van der Waals surface area contributed by atoms with E-state index in [1.54, 1.807) is 20.2 Å². The van der Waals surface area contributed by atoms with Crippen LogP contribution in [-0.2, 0) is 4.74 Å². The Morgan fingerprint density at radius 1 is 1.12 bits per heavy atom. The molecule has 2 heterocycles. The van der Waals surface area contributed by atoms with Crippen molar-refractivity contribution in [1.82, 2.24) is 4.90 Å². The van der Waals surface area contributed by atoms with E-state index in [-0.39, 0.29) is 39.7 Å². The Morgan fingerprint density at radius 2 is 1.81 bits per heavy atom. The number of carbonyl (C=O) groups excluding carboxylic acids is 1. The van der Waals surface area contributed by atoms with Crippen molar-refractivity contribution in [2.24, 2.45) is 5.41 Å². The molecule has 0 spiro atoms. The summed E-state index contributed by atoms with van der Waals surface area (Å²) in [4.78, 5) is 38.4. The van der Waals surface area contributed by atoms with Gasteiger partial charge in [0.1, 0.15) is 22.9 Å². The zero-order chi connectivity index (χ0) is 23.2. The normalized spacial score (nSPS) is 15.8. The number of anilines is 3. The number of para-hydroxylation sites is 1. The minimum Gasteiger partial charge on any atom is -0.505 e. The number of furan rings is 1. The van der Waals surface area contributed by atoms with Gasteiger partial charge in [-0.05, 0) is 31.2 Å². The predicted molar refractivity (Wildman–Crippen MR) is 119 cm³/mol. The van der Waals surface area contributed by atoms with Gasteiger partial charge in [-0.3, -0.25) is 14.4 Å². The van der Waals surface area contributed by atoms with E-state index in [1.807, 2.05) is 26.0 Å². The highest BCUT2D eigenvalue weighted by atomic mass is 16.5. The van der Waals surface area contributed by atoms with Crippen LogP contribution in [-0.4, -0.2) is 43.2 Å². The van der Waals surface area contributed by atoms with Crippen molar-refractivity contribution < 1.29 is 19.1 Å². The number of nitrogens with zero attached hydrogens (tertiary/aromatic N) is 1. The second-order valence-corrected chi connectivity index (χ2v) is 8.61. The maximum Gasteiger partial charge on any atom is 0.257 e.